The van der Waals surface area contributed by atoms with Gasteiger partial charge < -0.3 is 15.8 Å². The van der Waals surface area contributed by atoms with E-state index >= 15 is 0 Å². The van der Waals surface area contributed by atoms with E-state index in [1.165, 1.54) is 0 Å². The molecule has 2 aromatic rings. The van der Waals surface area contributed by atoms with Crippen LogP contribution in [-0.4, -0.2) is 25.0 Å². The molecule has 3 N–H and O–H groups in total. The summed E-state index contributed by atoms with van der Waals surface area (Å²) in [5.41, 5.74) is 6.78. The van der Waals surface area contributed by atoms with E-state index in [1.54, 1.807) is 13.8 Å². The van der Waals surface area contributed by atoms with Crippen LogP contribution in [0.25, 0.3) is 0 Å². The number of ether oxygens (including phenoxy) is 1. The molecule has 0 aliphatic carbocycles. The number of nitrogens with two attached hydrogens (primary N) is 1. The predicted octanol–water partition coefficient (Wildman–Crippen LogP) is 2.40. The van der Waals surface area contributed by atoms with Crippen molar-refractivity contribution in [3.05, 3.63) is 71.8 Å². The van der Waals surface area contributed by atoms with E-state index in [9.17, 15) is 9.59 Å². The molecule has 0 spiro atoms. The molecule has 5 heteroatoms. The third-order valence-electron chi connectivity index (χ3n) is 4.30. The highest BCUT2D eigenvalue weighted by molar-refractivity contribution is 5.87. The number of carbonyl (C=O) groups excluding carboxylic acids is 2. The molecule has 0 radical (unpaired) electrons. The Balaban J connectivity index is 2.05. The smallest absolute Gasteiger partial charge is 0.311 e. The minimum Gasteiger partial charge on any atom is -0.466 e. The number of carbonyl (C=O) groups is 2. The fraction of sp³-hybridized carbons (Fsp3) is 0.333. The standard InChI is InChI=1S/C21H26N2O3/c1-3-26-19(24)17(14-16-10-6-4-7-11-16)15-23-20(25)21(2,22)18-12-8-5-9-13-18/h4-13,17H,3,14-15,22H2,1-2H3,(H,23,25). The maximum atomic E-state index is 12.6. The number of benzene rings is 2. The summed E-state index contributed by atoms with van der Waals surface area (Å²) in [5, 5.41) is 2.82. The first-order valence-electron chi connectivity index (χ1n) is 8.78. The lowest BCUT2D eigenvalue weighted by Crippen LogP contribution is -2.50. The van der Waals surface area contributed by atoms with Crippen LogP contribution in [0.3, 0.4) is 0 Å². The summed E-state index contributed by atoms with van der Waals surface area (Å²) < 4.78 is 5.16. The lowest BCUT2D eigenvalue weighted by atomic mass is 9.91. The molecule has 138 valence electrons. The van der Waals surface area contributed by atoms with Crippen LogP contribution >= 0.6 is 0 Å². The second-order valence-corrected chi connectivity index (χ2v) is 6.42. The highest BCUT2D eigenvalue weighted by Gasteiger charge is 2.31. The Morgan fingerprint density at radius 3 is 2.23 bits per heavy atom. The van der Waals surface area contributed by atoms with E-state index in [2.05, 4.69) is 5.32 Å². The van der Waals surface area contributed by atoms with E-state index in [4.69, 9.17) is 10.5 Å². The Morgan fingerprint density at radius 1 is 1.08 bits per heavy atom. The Morgan fingerprint density at radius 2 is 1.65 bits per heavy atom. The number of hydrogen-bond acceptors (Lipinski definition) is 4. The van der Waals surface area contributed by atoms with Crippen molar-refractivity contribution in [2.45, 2.75) is 25.8 Å². The zero-order chi connectivity index (χ0) is 19.0. The summed E-state index contributed by atoms with van der Waals surface area (Å²) in [6, 6.07) is 18.8. The second kappa shape index (κ2) is 9.15. The molecule has 0 aliphatic heterocycles. The molecule has 0 saturated heterocycles. The van der Waals surface area contributed by atoms with Crippen molar-refractivity contribution < 1.29 is 14.3 Å². The molecule has 0 aliphatic rings. The molecule has 0 aromatic heterocycles. The predicted molar refractivity (Wildman–Crippen MR) is 101 cm³/mol. The van der Waals surface area contributed by atoms with Crippen LogP contribution < -0.4 is 11.1 Å². The summed E-state index contributed by atoms with van der Waals surface area (Å²) in [7, 11) is 0. The largest absolute Gasteiger partial charge is 0.466 e. The van der Waals surface area contributed by atoms with Gasteiger partial charge in [0, 0.05) is 6.54 Å². The number of nitrogens with one attached hydrogen (secondary N) is 1. The zero-order valence-corrected chi connectivity index (χ0v) is 15.3. The molecule has 0 fully saturated rings. The topological polar surface area (TPSA) is 81.4 Å². The van der Waals surface area contributed by atoms with Gasteiger partial charge in [-0.2, -0.15) is 0 Å². The normalized spacial score (nSPS) is 14.1. The van der Waals surface area contributed by atoms with Gasteiger partial charge in [0.05, 0.1) is 12.5 Å². The third kappa shape index (κ3) is 5.17. The van der Waals surface area contributed by atoms with Gasteiger partial charge >= 0.3 is 5.97 Å². The van der Waals surface area contributed by atoms with Gasteiger partial charge in [0.25, 0.3) is 0 Å². The van der Waals surface area contributed by atoms with E-state index in [0.29, 0.717) is 18.6 Å². The summed E-state index contributed by atoms with van der Waals surface area (Å²) >= 11 is 0. The molecule has 2 rings (SSSR count). The highest BCUT2D eigenvalue weighted by atomic mass is 16.5. The Bertz CT molecular complexity index is 715. The van der Waals surface area contributed by atoms with Crippen molar-refractivity contribution in [1.82, 2.24) is 5.32 Å². The SMILES string of the molecule is CCOC(=O)C(CNC(=O)C(C)(N)c1ccccc1)Cc1ccccc1. The summed E-state index contributed by atoms with van der Waals surface area (Å²) in [4.78, 5) is 24.9. The maximum Gasteiger partial charge on any atom is 0.311 e. The van der Waals surface area contributed by atoms with Gasteiger partial charge in [-0.25, -0.2) is 0 Å². The molecule has 1 amide bonds. The van der Waals surface area contributed by atoms with Crippen LogP contribution in [0.1, 0.15) is 25.0 Å². The fourth-order valence-electron chi connectivity index (χ4n) is 2.71. The van der Waals surface area contributed by atoms with Crippen LogP contribution in [-0.2, 0) is 26.3 Å². The van der Waals surface area contributed by atoms with Crippen molar-refractivity contribution >= 4 is 11.9 Å². The van der Waals surface area contributed by atoms with Crippen LogP contribution in [0.15, 0.2) is 60.7 Å². The number of hydrogen-bond donors (Lipinski definition) is 2. The maximum absolute atomic E-state index is 12.6. The monoisotopic (exact) mass is 354 g/mol. The first-order chi connectivity index (χ1) is 12.4. The van der Waals surface area contributed by atoms with Crippen molar-refractivity contribution in [2.75, 3.05) is 13.2 Å². The second-order valence-electron chi connectivity index (χ2n) is 6.42. The minimum absolute atomic E-state index is 0.173. The van der Waals surface area contributed by atoms with E-state index in [1.807, 2.05) is 60.7 Å². The van der Waals surface area contributed by atoms with E-state index < -0.39 is 11.5 Å². The van der Waals surface area contributed by atoms with E-state index in [-0.39, 0.29) is 18.4 Å². The van der Waals surface area contributed by atoms with Gasteiger partial charge in [-0.05, 0) is 31.4 Å². The Kier molecular flexibility index (Phi) is 6.92. The Hall–Kier alpha value is -2.66. The Labute approximate surface area is 154 Å². The van der Waals surface area contributed by atoms with Crippen molar-refractivity contribution in [3.8, 4) is 0 Å². The molecule has 2 atom stereocenters. The summed E-state index contributed by atoms with van der Waals surface area (Å²) in [6.45, 7) is 3.90. The average Bonchev–Trinajstić information content (AvgIpc) is 2.66. The molecule has 0 heterocycles. The van der Waals surface area contributed by atoms with Crippen molar-refractivity contribution in [3.63, 3.8) is 0 Å². The molecule has 2 unspecified atom stereocenters. The number of esters is 1. The van der Waals surface area contributed by atoms with Gasteiger partial charge in [-0.15, -0.1) is 0 Å². The first kappa shape index (κ1) is 19.7. The molecular formula is C21H26N2O3. The first-order valence-corrected chi connectivity index (χ1v) is 8.78. The van der Waals surface area contributed by atoms with Crippen LogP contribution in [0.5, 0.6) is 0 Å². The van der Waals surface area contributed by atoms with Gasteiger partial charge in [0.15, 0.2) is 0 Å². The van der Waals surface area contributed by atoms with Crippen LogP contribution in [0, 0.1) is 5.92 Å². The fourth-order valence-corrected chi connectivity index (χ4v) is 2.71. The summed E-state index contributed by atoms with van der Waals surface area (Å²) in [5.74, 6) is -1.12. The minimum atomic E-state index is -1.17. The van der Waals surface area contributed by atoms with Crippen molar-refractivity contribution in [2.24, 2.45) is 11.7 Å². The quantitative estimate of drug-likeness (QED) is 0.713. The molecule has 0 bridgehead atoms. The molecule has 26 heavy (non-hydrogen) atoms. The highest BCUT2D eigenvalue weighted by Crippen LogP contribution is 2.18. The van der Waals surface area contributed by atoms with Crippen molar-refractivity contribution in [1.29, 1.82) is 0 Å². The van der Waals surface area contributed by atoms with Gasteiger partial charge in [0.2, 0.25) is 5.91 Å². The lowest BCUT2D eigenvalue weighted by molar-refractivity contribution is -0.148. The third-order valence-corrected chi connectivity index (χ3v) is 4.30. The van der Waals surface area contributed by atoms with Gasteiger partial charge in [-0.3, -0.25) is 9.59 Å². The van der Waals surface area contributed by atoms with Gasteiger partial charge in [-0.1, -0.05) is 60.7 Å². The zero-order valence-electron chi connectivity index (χ0n) is 15.3. The van der Waals surface area contributed by atoms with Crippen LogP contribution in [0.4, 0.5) is 0 Å². The number of amides is 1. The average molecular weight is 354 g/mol. The summed E-state index contributed by atoms with van der Waals surface area (Å²) in [6.07, 6.45) is 0.493. The molecule has 0 saturated carbocycles. The molecule has 5 nitrogen and oxygen atoms in total. The number of rotatable bonds is 8. The molecule has 2 aromatic carbocycles. The van der Waals surface area contributed by atoms with Gasteiger partial charge in [0.1, 0.15) is 5.54 Å². The lowest BCUT2D eigenvalue weighted by Gasteiger charge is -2.25. The van der Waals surface area contributed by atoms with E-state index in [0.717, 1.165) is 5.56 Å². The van der Waals surface area contributed by atoms with Crippen LogP contribution in [0.2, 0.25) is 0 Å². The molecular weight excluding hydrogens is 328 g/mol.